The number of ether oxygens (including phenoxy) is 1. The van der Waals surface area contributed by atoms with Gasteiger partial charge < -0.3 is 25.2 Å². The van der Waals surface area contributed by atoms with Crippen LogP contribution in [0.3, 0.4) is 0 Å². The zero-order valence-electron chi connectivity index (χ0n) is 19.4. The number of aromatic nitrogens is 4. The maximum absolute atomic E-state index is 6.48. The molecule has 0 atom stereocenters. The molecule has 1 aromatic carbocycles. The third kappa shape index (κ3) is 4.20. The molecule has 0 radical (unpaired) electrons. The van der Waals surface area contributed by atoms with Crippen LogP contribution in [0.1, 0.15) is 0 Å². The first kappa shape index (κ1) is 22.2. The Morgan fingerprint density at radius 3 is 2.65 bits per heavy atom. The smallest absolute Gasteiger partial charge is 0.227 e. The molecule has 4 aromatic rings. The first-order valence-corrected chi connectivity index (χ1v) is 11.5. The molecule has 0 bridgehead atoms. The summed E-state index contributed by atoms with van der Waals surface area (Å²) >= 11 is 6.48. The van der Waals surface area contributed by atoms with Crippen molar-refractivity contribution >= 4 is 40.1 Å². The number of piperazine rings is 1. The zero-order chi connectivity index (χ0) is 23.7. The summed E-state index contributed by atoms with van der Waals surface area (Å²) in [6.45, 7) is 3.97. The van der Waals surface area contributed by atoms with Crippen molar-refractivity contribution in [2.24, 2.45) is 0 Å². The monoisotopic (exact) mass is 478 g/mol. The molecule has 5 rings (SSSR count). The highest BCUT2D eigenvalue weighted by Crippen LogP contribution is 2.39. The van der Waals surface area contributed by atoms with E-state index >= 15 is 0 Å². The van der Waals surface area contributed by atoms with Crippen molar-refractivity contribution in [3.63, 3.8) is 0 Å². The Morgan fingerprint density at radius 2 is 1.88 bits per heavy atom. The zero-order valence-corrected chi connectivity index (χ0v) is 20.2. The standard InChI is InChI=1S/C24H27ClN8O/c1-26-18-12-19(22(34-3)13-21(18)32-10-8-31(2)9-11-32)29-24-27-15-17(25)23(30-24)16-14-28-33-7-5-4-6-20(16)33/h4-7,12-15,26H,8-11H2,1-3H3,(H,27,29,30). The lowest BCUT2D eigenvalue weighted by Crippen LogP contribution is -2.44. The molecule has 0 amide bonds. The van der Waals surface area contributed by atoms with E-state index in [1.54, 1.807) is 24.0 Å². The first-order valence-electron chi connectivity index (χ1n) is 11.1. The van der Waals surface area contributed by atoms with E-state index in [0.717, 1.165) is 54.3 Å². The van der Waals surface area contributed by atoms with E-state index in [1.807, 2.05) is 37.5 Å². The summed E-state index contributed by atoms with van der Waals surface area (Å²) in [4.78, 5) is 13.8. The second-order valence-corrected chi connectivity index (χ2v) is 8.62. The Kier molecular flexibility index (Phi) is 6.12. The maximum Gasteiger partial charge on any atom is 0.227 e. The van der Waals surface area contributed by atoms with Crippen molar-refractivity contribution in [3.05, 3.63) is 53.9 Å². The number of rotatable bonds is 6. The van der Waals surface area contributed by atoms with Gasteiger partial charge in [0, 0.05) is 51.1 Å². The number of benzene rings is 1. The Hall–Kier alpha value is -3.56. The van der Waals surface area contributed by atoms with Gasteiger partial charge in [-0.2, -0.15) is 5.10 Å². The van der Waals surface area contributed by atoms with Crippen molar-refractivity contribution in [1.82, 2.24) is 24.5 Å². The van der Waals surface area contributed by atoms with Gasteiger partial charge in [-0.05, 0) is 25.2 Å². The minimum absolute atomic E-state index is 0.419. The summed E-state index contributed by atoms with van der Waals surface area (Å²) in [5.74, 6) is 1.13. The number of hydrogen-bond donors (Lipinski definition) is 2. The summed E-state index contributed by atoms with van der Waals surface area (Å²) in [7, 11) is 5.74. The molecule has 1 saturated heterocycles. The van der Waals surface area contributed by atoms with Gasteiger partial charge in [-0.15, -0.1) is 0 Å². The van der Waals surface area contributed by atoms with E-state index in [4.69, 9.17) is 21.3 Å². The number of pyridine rings is 1. The molecule has 34 heavy (non-hydrogen) atoms. The molecule has 2 N–H and O–H groups in total. The Morgan fingerprint density at radius 1 is 1.06 bits per heavy atom. The molecule has 176 valence electrons. The van der Waals surface area contributed by atoms with E-state index < -0.39 is 0 Å². The maximum atomic E-state index is 6.48. The van der Waals surface area contributed by atoms with E-state index in [1.165, 1.54) is 0 Å². The molecule has 0 saturated carbocycles. The number of nitrogens with one attached hydrogen (secondary N) is 2. The first-order chi connectivity index (χ1) is 16.6. The third-order valence-electron chi connectivity index (χ3n) is 6.10. The molecule has 3 aromatic heterocycles. The number of anilines is 4. The molecule has 1 fully saturated rings. The Bertz CT molecular complexity index is 1320. The van der Waals surface area contributed by atoms with Crippen LogP contribution in [0, 0.1) is 0 Å². The largest absolute Gasteiger partial charge is 0.494 e. The molecular weight excluding hydrogens is 452 g/mol. The second-order valence-electron chi connectivity index (χ2n) is 8.21. The van der Waals surface area contributed by atoms with Gasteiger partial charge in [0.1, 0.15) is 5.75 Å². The van der Waals surface area contributed by atoms with Crippen LogP contribution in [0.4, 0.5) is 23.0 Å². The van der Waals surface area contributed by atoms with Crippen LogP contribution >= 0.6 is 11.6 Å². The fourth-order valence-corrected chi connectivity index (χ4v) is 4.39. The summed E-state index contributed by atoms with van der Waals surface area (Å²) in [6.07, 6.45) is 5.25. The number of nitrogens with zero attached hydrogens (tertiary/aromatic N) is 6. The average molecular weight is 479 g/mol. The molecule has 0 spiro atoms. The minimum atomic E-state index is 0.419. The molecular formula is C24H27ClN8O. The average Bonchev–Trinajstić information content (AvgIpc) is 3.29. The molecule has 0 aliphatic carbocycles. The van der Waals surface area contributed by atoms with E-state index in [-0.39, 0.29) is 0 Å². The summed E-state index contributed by atoms with van der Waals surface area (Å²) in [6, 6.07) is 9.95. The Balaban J connectivity index is 1.49. The summed E-state index contributed by atoms with van der Waals surface area (Å²) in [5, 5.41) is 11.5. The normalized spacial score (nSPS) is 14.4. The van der Waals surface area contributed by atoms with Crippen LogP contribution in [-0.4, -0.2) is 71.9 Å². The molecule has 1 aliphatic heterocycles. The lowest BCUT2D eigenvalue weighted by atomic mass is 10.1. The van der Waals surface area contributed by atoms with Crippen LogP contribution in [0.25, 0.3) is 16.8 Å². The van der Waals surface area contributed by atoms with Gasteiger partial charge in [0.05, 0.1) is 52.8 Å². The SMILES string of the molecule is CNc1cc(Nc2ncc(Cl)c(-c3cnn4ccccc34)n2)c(OC)cc1N1CCN(C)CC1. The number of hydrogen-bond acceptors (Lipinski definition) is 8. The van der Waals surface area contributed by atoms with Crippen molar-refractivity contribution in [3.8, 4) is 17.0 Å². The molecule has 4 heterocycles. The highest BCUT2D eigenvalue weighted by atomic mass is 35.5. The predicted molar refractivity (Wildman–Crippen MR) is 137 cm³/mol. The third-order valence-corrected chi connectivity index (χ3v) is 6.38. The lowest BCUT2D eigenvalue weighted by Gasteiger charge is -2.35. The van der Waals surface area contributed by atoms with Crippen LogP contribution in [0.5, 0.6) is 5.75 Å². The van der Waals surface area contributed by atoms with E-state index in [2.05, 4.69) is 43.6 Å². The van der Waals surface area contributed by atoms with Crippen molar-refractivity contribution in [2.45, 2.75) is 0 Å². The van der Waals surface area contributed by atoms with E-state index in [9.17, 15) is 0 Å². The summed E-state index contributed by atoms with van der Waals surface area (Å²) in [5.41, 5.74) is 5.25. The van der Waals surface area contributed by atoms with Gasteiger partial charge in [0.25, 0.3) is 0 Å². The quantitative estimate of drug-likeness (QED) is 0.430. The van der Waals surface area contributed by atoms with E-state index in [0.29, 0.717) is 22.4 Å². The number of fused-ring (bicyclic) bond motifs is 1. The highest BCUT2D eigenvalue weighted by molar-refractivity contribution is 6.33. The topological polar surface area (TPSA) is 82.8 Å². The second kappa shape index (κ2) is 9.36. The van der Waals surface area contributed by atoms with Crippen molar-refractivity contribution < 1.29 is 4.74 Å². The lowest BCUT2D eigenvalue weighted by molar-refractivity contribution is 0.313. The van der Waals surface area contributed by atoms with Gasteiger partial charge in [-0.3, -0.25) is 0 Å². The van der Waals surface area contributed by atoms with Gasteiger partial charge >= 0.3 is 0 Å². The minimum Gasteiger partial charge on any atom is -0.494 e. The predicted octanol–water partition coefficient (Wildman–Crippen LogP) is 3.99. The fourth-order valence-electron chi connectivity index (χ4n) is 4.20. The van der Waals surface area contributed by atoms with Gasteiger partial charge in [0.15, 0.2) is 0 Å². The molecule has 10 heteroatoms. The van der Waals surface area contributed by atoms with Gasteiger partial charge in [-0.1, -0.05) is 17.7 Å². The van der Waals surface area contributed by atoms with Crippen LogP contribution in [-0.2, 0) is 0 Å². The Labute approximate surface area is 203 Å². The van der Waals surface area contributed by atoms with Gasteiger partial charge in [-0.25, -0.2) is 14.5 Å². The molecule has 1 aliphatic rings. The van der Waals surface area contributed by atoms with Crippen LogP contribution < -0.4 is 20.3 Å². The summed E-state index contributed by atoms with van der Waals surface area (Å²) < 4.78 is 7.52. The fraction of sp³-hybridized carbons (Fsp3) is 0.292. The molecule has 0 unspecified atom stereocenters. The number of likely N-dealkylation sites (N-methyl/N-ethyl adjacent to an activating group) is 1. The van der Waals surface area contributed by atoms with Gasteiger partial charge in [0.2, 0.25) is 5.95 Å². The van der Waals surface area contributed by atoms with Crippen LogP contribution in [0.2, 0.25) is 5.02 Å². The van der Waals surface area contributed by atoms with Crippen LogP contribution in [0.15, 0.2) is 48.9 Å². The molecule has 9 nitrogen and oxygen atoms in total. The number of halogens is 1. The highest BCUT2D eigenvalue weighted by Gasteiger charge is 2.20. The number of methoxy groups -OCH3 is 1. The van der Waals surface area contributed by atoms with Crippen molar-refractivity contribution in [2.75, 3.05) is 62.9 Å². The van der Waals surface area contributed by atoms with Crippen molar-refractivity contribution in [1.29, 1.82) is 0 Å².